The molecule has 2 fully saturated rings. The molecule has 1 unspecified atom stereocenters. The lowest BCUT2D eigenvalue weighted by Gasteiger charge is -2.35. The van der Waals surface area contributed by atoms with E-state index in [1.807, 2.05) is 0 Å². The van der Waals surface area contributed by atoms with Crippen LogP contribution in [0, 0.1) is 5.92 Å². The number of amides is 2. The highest BCUT2D eigenvalue weighted by Crippen LogP contribution is 2.37. The monoisotopic (exact) mass is 388 g/mol. The Hall–Kier alpha value is -2.77. The van der Waals surface area contributed by atoms with Crippen molar-refractivity contribution in [3.63, 3.8) is 0 Å². The van der Waals surface area contributed by atoms with Crippen molar-refractivity contribution >= 4 is 23.5 Å². The lowest BCUT2D eigenvalue weighted by atomic mass is 9.81. The van der Waals surface area contributed by atoms with Gasteiger partial charge in [0.25, 0.3) is 0 Å². The fraction of sp³-hybridized carbons (Fsp3) is 0.550. The summed E-state index contributed by atoms with van der Waals surface area (Å²) in [6.07, 6.45) is 4.01. The molecule has 1 saturated heterocycles. The molecule has 150 valence electrons. The number of esters is 1. The first-order valence-electron chi connectivity index (χ1n) is 9.63. The number of ether oxygens (including phenoxy) is 3. The van der Waals surface area contributed by atoms with E-state index < -0.39 is 17.4 Å². The van der Waals surface area contributed by atoms with E-state index in [2.05, 4.69) is 5.32 Å². The van der Waals surface area contributed by atoms with E-state index >= 15 is 0 Å². The van der Waals surface area contributed by atoms with Gasteiger partial charge in [-0.2, -0.15) is 0 Å². The van der Waals surface area contributed by atoms with E-state index in [-0.39, 0.29) is 31.6 Å². The molecule has 0 bridgehead atoms. The number of hydrogen-bond donors (Lipinski definition) is 1. The molecular formula is C20H24N2O6. The topological polar surface area (TPSA) is 94.2 Å². The highest BCUT2D eigenvalue weighted by molar-refractivity contribution is 6.01. The number of rotatable bonds is 4. The van der Waals surface area contributed by atoms with Crippen molar-refractivity contribution < 1.29 is 28.6 Å². The van der Waals surface area contributed by atoms with E-state index in [1.54, 1.807) is 23.1 Å². The summed E-state index contributed by atoms with van der Waals surface area (Å²) in [5.74, 6) is -0.0930. The zero-order chi connectivity index (χ0) is 19.7. The Bertz CT molecular complexity index is 802. The summed E-state index contributed by atoms with van der Waals surface area (Å²) in [4.78, 5) is 39.4. The molecule has 1 aromatic carbocycles. The molecule has 1 N–H and O–H groups in total. The summed E-state index contributed by atoms with van der Waals surface area (Å²) in [5, 5.41) is 2.92. The van der Waals surface area contributed by atoms with Gasteiger partial charge in [-0.1, -0.05) is 19.3 Å². The average Bonchev–Trinajstić information content (AvgIpc) is 3.33. The van der Waals surface area contributed by atoms with Crippen LogP contribution in [0.1, 0.15) is 38.5 Å². The Labute approximate surface area is 163 Å². The maximum atomic E-state index is 12.9. The van der Waals surface area contributed by atoms with Crippen molar-refractivity contribution in [1.29, 1.82) is 0 Å². The number of nitrogens with one attached hydrogen (secondary N) is 1. The minimum atomic E-state index is -0.973. The zero-order valence-corrected chi connectivity index (χ0v) is 15.9. The lowest BCUT2D eigenvalue weighted by molar-refractivity contribution is -0.153. The van der Waals surface area contributed by atoms with Crippen molar-refractivity contribution in [2.75, 3.05) is 25.3 Å². The van der Waals surface area contributed by atoms with Gasteiger partial charge in [-0.3, -0.25) is 9.59 Å². The predicted octanol–water partition coefficient (Wildman–Crippen LogP) is 1.76. The van der Waals surface area contributed by atoms with E-state index in [0.29, 0.717) is 30.0 Å². The number of nitrogens with zero attached hydrogens (tertiary/aromatic N) is 1. The van der Waals surface area contributed by atoms with Crippen LogP contribution in [0.5, 0.6) is 11.5 Å². The molecule has 1 aromatic rings. The van der Waals surface area contributed by atoms with Gasteiger partial charge < -0.3 is 24.4 Å². The number of fused-ring (bicyclic) bond motifs is 1. The quantitative estimate of drug-likeness (QED) is 0.790. The number of carbonyl (C=O) groups is 3. The van der Waals surface area contributed by atoms with Crippen molar-refractivity contribution in [3.05, 3.63) is 18.2 Å². The Morgan fingerprint density at radius 3 is 2.68 bits per heavy atom. The first-order chi connectivity index (χ1) is 13.5. The summed E-state index contributed by atoms with van der Waals surface area (Å²) in [6, 6.07) is 5.28. The molecule has 0 spiro atoms. The molecule has 2 amide bonds. The maximum Gasteiger partial charge on any atom is 0.331 e. The first-order valence-corrected chi connectivity index (χ1v) is 9.63. The second-order valence-corrected chi connectivity index (χ2v) is 7.57. The molecule has 28 heavy (non-hydrogen) atoms. The second-order valence-electron chi connectivity index (χ2n) is 7.57. The van der Waals surface area contributed by atoms with E-state index in [0.717, 1.165) is 19.3 Å². The van der Waals surface area contributed by atoms with Crippen molar-refractivity contribution in [3.8, 4) is 11.5 Å². The van der Waals surface area contributed by atoms with Crippen LogP contribution >= 0.6 is 0 Å². The van der Waals surface area contributed by atoms with Gasteiger partial charge in [0, 0.05) is 24.7 Å². The van der Waals surface area contributed by atoms with Gasteiger partial charge in [-0.25, -0.2) is 4.79 Å². The normalized spacial score (nSPS) is 22.8. The highest BCUT2D eigenvalue weighted by atomic mass is 16.7. The summed E-state index contributed by atoms with van der Waals surface area (Å²) in [6.45, 7) is 0.426. The molecule has 2 heterocycles. The molecule has 3 aliphatic rings. The number of methoxy groups -OCH3 is 1. The minimum absolute atomic E-state index is 0.109. The summed E-state index contributed by atoms with van der Waals surface area (Å²) in [7, 11) is 1.34. The van der Waals surface area contributed by atoms with E-state index in [4.69, 9.17) is 14.2 Å². The smallest absolute Gasteiger partial charge is 0.331 e. The Kier molecular flexibility index (Phi) is 4.87. The standard InChI is InChI=1S/C20H24N2O6/c1-26-19(25)20(7-3-2-4-8-20)21-18(24)13-9-17(23)22(11-13)14-5-6-15-16(10-14)28-12-27-15/h5-6,10,13H,2-4,7-9,11-12H2,1H3,(H,21,24). The van der Waals surface area contributed by atoms with Crippen molar-refractivity contribution in [1.82, 2.24) is 5.32 Å². The van der Waals surface area contributed by atoms with Crippen LogP contribution in [0.25, 0.3) is 0 Å². The third kappa shape index (κ3) is 3.27. The summed E-state index contributed by atoms with van der Waals surface area (Å²) >= 11 is 0. The van der Waals surface area contributed by atoms with Crippen LogP contribution in [0.4, 0.5) is 5.69 Å². The predicted molar refractivity (Wildman–Crippen MR) is 99.0 cm³/mol. The fourth-order valence-electron chi connectivity index (χ4n) is 4.25. The fourth-order valence-corrected chi connectivity index (χ4v) is 4.25. The van der Waals surface area contributed by atoms with Crippen LogP contribution in [-0.4, -0.2) is 43.8 Å². The van der Waals surface area contributed by atoms with E-state index in [9.17, 15) is 14.4 Å². The summed E-state index contributed by atoms with van der Waals surface area (Å²) in [5.41, 5.74) is -0.302. The zero-order valence-electron chi connectivity index (χ0n) is 15.9. The molecule has 1 aliphatic carbocycles. The SMILES string of the molecule is COC(=O)C1(NC(=O)C2CC(=O)N(c3ccc4c(c3)OCO4)C2)CCCCC1. The van der Waals surface area contributed by atoms with E-state index in [1.165, 1.54) is 7.11 Å². The van der Waals surface area contributed by atoms with Gasteiger partial charge >= 0.3 is 5.97 Å². The minimum Gasteiger partial charge on any atom is -0.467 e. The molecular weight excluding hydrogens is 364 g/mol. The van der Waals surface area contributed by atoms with Gasteiger partial charge in [0.1, 0.15) is 5.54 Å². The van der Waals surface area contributed by atoms with Gasteiger partial charge in [-0.05, 0) is 25.0 Å². The lowest BCUT2D eigenvalue weighted by Crippen LogP contribution is -2.57. The molecule has 4 rings (SSSR count). The van der Waals surface area contributed by atoms with Crippen molar-refractivity contribution in [2.45, 2.75) is 44.1 Å². The number of anilines is 1. The Morgan fingerprint density at radius 1 is 1.18 bits per heavy atom. The van der Waals surface area contributed by atoms with Crippen LogP contribution in [0.15, 0.2) is 18.2 Å². The third-order valence-corrected chi connectivity index (χ3v) is 5.81. The van der Waals surface area contributed by atoms with Gasteiger partial charge in [0.05, 0.1) is 13.0 Å². The van der Waals surface area contributed by atoms with Crippen molar-refractivity contribution in [2.24, 2.45) is 5.92 Å². The largest absolute Gasteiger partial charge is 0.467 e. The summed E-state index contributed by atoms with van der Waals surface area (Å²) < 4.78 is 15.6. The molecule has 1 atom stereocenters. The molecule has 8 heteroatoms. The number of carbonyl (C=O) groups excluding carboxylic acids is 3. The molecule has 8 nitrogen and oxygen atoms in total. The van der Waals surface area contributed by atoms with Gasteiger partial charge in [0.15, 0.2) is 11.5 Å². The number of benzene rings is 1. The number of hydrogen-bond acceptors (Lipinski definition) is 6. The maximum absolute atomic E-state index is 12.9. The van der Waals surface area contributed by atoms with Gasteiger partial charge in [-0.15, -0.1) is 0 Å². The Morgan fingerprint density at radius 2 is 1.93 bits per heavy atom. The highest BCUT2D eigenvalue weighted by Gasteiger charge is 2.45. The van der Waals surface area contributed by atoms with Gasteiger partial charge in [0.2, 0.25) is 18.6 Å². The Balaban J connectivity index is 1.47. The molecule has 2 aliphatic heterocycles. The second kappa shape index (κ2) is 7.33. The van der Waals surface area contributed by atoms with Crippen LogP contribution in [-0.2, 0) is 19.1 Å². The third-order valence-electron chi connectivity index (χ3n) is 5.81. The molecule has 0 aromatic heterocycles. The molecule has 0 radical (unpaired) electrons. The van der Waals surface area contributed by atoms with Crippen LogP contribution in [0.2, 0.25) is 0 Å². The van der Waals surface area contributed by atoms with Crippen LogP contribution in [0.3, 0.4) is 0 Å². The molecule has 1 saturated carbocycles. The first kappa shape index (κ1) is 18.6. The van der Waals surface area contributed by atoms with Crippen LogP contribution < -0.4 is 19.7 Å². The average molecular weight is 388 g/mol.